The Bertz CT molecular complexity index is 634. The number of nitrogens with zero attached hydrogens (tertiary/aromatic N) is 1. The highest BCUT2D eigenvalue weighted by atomic mass is 35.5. The van der Waals surface area contributed by atoms with Crippen LogP contribution in [-0.4, -0.2) is 16.5 Å². The summed E-state index contributed by atoms with van der Waals surface area (Å²) in [5.74, 6) is -0.0830. The van der Waals surface area contributed by atoms with Crippen molar-refractivity contribution in [3.8, 4) is 0 Å². The van der Waals surface area contributed by atoms with Gasteiger partial charge in [0.25, 0.3) is 0 Å². The van der Waals surface area contributed by atoms with Gasteiger partial charge in [-0.05, 0) is 36.6 Å². The first-order valence-corrected chi connectivity index (χ1v) is 7.51. The van der Waals surface area contributed by atoms with E-state index in [4.69, 9.17) is 11.6 Å². The van der Waals surface area contributed by atoms with Gasteiger partial charge in [0.05, 0.1) is 10.7 Å². The second-order valence-electron chi connectivity index (χ2n) is 5.38. The van der Waals surface area contributed by atoms with Crippen molar-refractivity contribution in [2.24, 2.45) is 0 Å². The van der Waals surface area contributed by atoms with Crippen LogP contribution in [0.15, 0.2) is 42.7 Å². The summed E-state index contributed by atoms with van der Waals surface area (Å²) in [5.41, 5.74) is 1.85. The highest BCUT2D eigenvalue weighted by Gasteiger charge is 2.20. The maximum atomic E-state index is 12.0. The highest BCUT2D eigenvalue weighted by molar-refractivity contribution is 6.33. The van der Waals surface area contributed by atoms with Crippen molar-refractivity contribution in [2.75, 3.05) is 5.32 Å². The summed E-state index contributed by atoms with van der Waals surface area (Å²) < 4.78 is 1.89. The second kappa shape index (κ2) is 6.33. The number of nitrogens with one attached hydrogen (secondary N) is 2. The van der Waals surface area contributed by atoms with Crippen molar-refractivity contribution < 1.29 is 4.79 Å². The van der Waals surface area contributed by atoms with E-state index in [1.54, 1.807) is 12.1 Å². The first kappa shape index (κ1) is 14.2. The Morgan fingerprint density at radius 2 is 2.10 bits per heavy atom. The van der Waals surface area contributed by atoms with Crippen molar-refractivity contribution in [1.29, 1.82) is 0 Å². The molecule has 4 nitrogen and oxygen atoms in total. The molecule has 0 bridgehead atoms. The molecule has 0 unspecified atom stereocenters. The van der Waals surface area contributed by atoms with Gasteiger partial charge in [0, 0.05) is 25.0 Å². The van der Waals surface area contributed by atoms with Crippen molar-refractivity contribution in [2.45, 2.75) is 32.0 Å². The minimum absolute atomic E-state index is 0.0830. The van der Waals surface area contributed by atoms with E-state index < -0.39 is 0 Å². The molecule has 3 rings (SSSR count). The zero-order valence-corrected chi connectivity index (χ0v) is 12.4. The number of carbonyl (C=O) groups excluding carboxylic acids is 1. The molecule has 1 aliphatic rings. The summed E-state index contributed by atoms with van der Waals surface area (Å²) in [7, 11) is 0. The standard InChI is InChI=1S/C16H18ClN3O/c17-14-3-1-2-4-15(14)19-16(21)11-20-8-7-12(10-20)9-18-13-5-6-13/h1-4,7-8,10,13,18H,5-6,9,11H2,(H,19,21). The second-order valence-corrected chi connectivity index (χ2v) is 5.78. The van der Waals surface area contributed by atoms with Crippen LogP contribution in [0.5, 0.6) is 0 Å². The summed E-state index contributed by atoms with van der Waals surface area (Å²) in [6.07, 6.45) is 6.49. The fraction of sp³-hybridized carbons (Fsp3) is 0.312. The van der Waals surface area contributed by atoms with E-state index in [0.717, 1.165) is 6.54 Å². The Morgan fingerprint density at radius 3 is 2.86 bits per heavy atom. The number of hydrogen-bond acceptors (Lipinski definition) is 2. The number of halogens is 1. The SMILES string of the molecule is O=C(Cn1ccc(CNC2CC2)c1)Nc1ccccc1Cl. The fourth-order valence-corrected chi connectivity index (χ4v) is 2.34. The van der Waals surface area contributed by atoms with Crippen molar-refractivity contribution in [3.05, 3.63) is 53.3 Å². The quantitative estimate of drug-likeness (QED) is 0.861. The van der Waals surface area contributed by atoms with Crippen LogP contribution in [0.1, 0.15) is 18.4 Å². The van der Waals surface area contributed by atoms with Crippen LogP contribution in [0.2, 0.25) is 5.02 Å². The first-order chi connectivity index (χ1) is 10.2. The van der Waals surface area contributed by atoms with Gasteiger partial charge in [-0.3, -0.25) is 4.79 Å². The van der Waals surface area contributed by atoms with Crippen LogP contribution in [0.3, 0.4) is 0 Å². The molecule has 1 heterocycles. The third kappa shape index (κ3) is 4.09. The Hall–Kier alpha value is -1.78. The average molecular weight is 304 g/mol. The van der Waals surface area contributed by atoms with Crippen LogP contribution < -0.4 is 10.6 Å². The molecular formula is C16H18ClN3O. The number of para-hydroxylation sites is 1. The van der Waals surface area contributed by atoms with Gasteiger partial charge in [0.1, 0.15) is 6.54 Å². The maximum absolute atomic E-state index is 12.0. The molecule has 2 aromatic rings. The monoisotopic (exact) mass is 303 g/mol. The smallest absolute Gasteiger partial charge is 0.244 e. The van der Waals surface area contributed by atoms with E-state index in [2.05, 4.69) is 10.6 Å². The maximum Gasteiger partial charge on any atom is 0.244 e. The van der Waals surface area contributed by atoms with E-state index in [-0.39, 0.29) is 12.5 Å². The lowest BCUT2D eigenvalue weighted by molar-refractivity contribution is -0.116. The lowest BCUT2D eigenvalue weighted by Crippen LogP contribution is -2.18. The topological polar surface area (TPSA) is 46.1 Å². The number of amides is 1. The summed E-state index contributed by atoms with van der Waals surface area (Å²) in [6, 6.07) is 9.96. The average Bonchev–Trinajstić information content (AvgIpc) is 3.19. The molecule has 110 valence electrons. The number of aromatic nitrogens is 1. The summed E-state index contributed by atoms with van der Waals surface area (Å²) in [6.45, 7) is 1.15. The van der Waals surface area contributed by atoms with Gasteiger partial charge in [-0.1, -0.05) is 23.7 Å². The van der Waals surface area contributed by atoms with E-state index >= 15 is 0 Å². The minimum Gasteiger partial charge on any atom is -0.345 e. The molecule has 21 heavy (non-hydrogen) atoms. The van der Waals surface area contributed by atoms with Gasteiger partial charge >= 0.3 is 0 Å². The number of hydrogen-bond donors (Lipinski definition) is 2. The predicted molar refractivity (Wildman–Crippen MR) is 84.4 cm³/mol. The molecule has 2 N–H and O–H groups in total. The lowest BCUT2D eigenvalue weighted by Gasteiger charge is -2.07. The largest absolute Gasteiger partial charge is 0.345 e. The number of rotatable bonds is 6. The Balaban J connectivity index is 1.53. The van der Waals surface area contributed by atoms with Crippen LogP contribution in [0.25, 0.3) is 0 Å². The van der Waals surface area contributed by atoms with Gasteiger partial charge in [-0.25, -0.2) is 0 Å². The first-order valence-electron chi connectivity index (χ1n) is 7.13. The number of anilines is 1. The van der Waals surface area contributed by atoms with E-state index in [1.165, 1.54) is 18.4 Å². The molecule has 0 radical (unpaired) electrons. The third-order valence-corrected chi connectivity index (χ3v) is 3.79. The van der Waals surface area contributed by atoms with Crippen LogP contribution in [0.4, 0.5) is 5.69 Å². The van der Waals surface area contributed by atoms with Crippen LogP contribution >= 0.6 is 11.6 Å². The molecular weight excluding hydrogens is 286 g/mol. The zero-order valence-electron chi connectivity index (χ0n) is 11.7. The van der Waals surface area contributed by atoms with Gasteiger partial charge in [-0.2, -0.15) is 0 Å². The summed E-state index contributed by atoms with van der Waals surface area (Å²) in [5, 5.41) is 6.83. The molecule has 1 amide bonds. The van der Waals surface area contributed by atoms with Gasteiger partial charge < -0.3 is 15.2 Å². The highest BCUT2D eigenvalue weighted by Crippen LogP contribution is 2.20. The summed E-state index contributed by atoms with van der Waals surface area (Å²) >= 11 is 6.02. The van der Waals surface area contributed by atoms with E-state index in [1.807, 2.05) is 35.2 Å². The molecule has 0 spiro atoms. The van der Waals surface area contributed by atoms with Gasteiger partial charge in [0.2, 0.25) is 5.91 Å². The van der Waals surface area contributed by atoms with Gasteiger partial charge in [-0.15, -0.1) is 0 Å². The van der Waals surface area contributed by atoms with Crippen molar-refractivity contribution in [3.63, 3.8) is 0 Å². The summed E-state index contributed by atoms with van der Waals surface area (Å²) in [4.78, 5) is 12.0. The van der Waals surface area contributed by atoms with E-state index in [9.17, 15) is 4.79 Å². The third-order valence-electron chi connectivity index (χ3n) is 3.46. The Morgan fingerprint density at radius 1 is 1.29 bits per heavy atom. The molecule has 5 heteroatoms. The molecule has 0 aliphatic heterocycles. The zero-order chi connectivity index (χ0) is 14.7. The molecule has 0 saturated heterocycles. The Labute approximate surface area is 129 Å². The molecule has 1 aromatic heterocycles. The number of carbonyl (C=O) groups is 1. The molecule has 1 aromatic carbocycles. The normalized spacial score (nSPS) is 14.1. The van der Waals surface area contributed by atoms with E-state index in [0.29, 0.717) is 16.8 Å². The van der Waals surface area contributed by atoms with Crippen LogP contribution in [0, 0.1) is 0 Å². The van der Waals surface area contributed by atoms with Crippen LogP contribution in [-0.2, 0) is 17.9 Å². The number of benzene rings is 1. The fourth-order valence-electron chi connectivity index (χ4n) is 2.16. The molecule has 1 aliphatic carbocycles. The molecule has 1 saturated carbocycles. The van der Waals surface area contributed by atoms with Crippen molar-refractivity contribution >= 4 is 23.2 Å². The van der Waals surface area contributed by atoms with Gasteiger partial charge in [0.15, 0.2) is 0 Å². The molecule has 0 atom stereocenters. The predicted octanol–water partition coefficient (Wildman–Crippen LogP) is 3.03. The van der Waals surface area contributed by atoms with Crippen molar-refractivity contribution in [1.82, 2.24) is 9.88 Å². The molecule has 1 fully saturated rings. The Kier molecular flexibility index (Phi) is 4.27. The lowest BCUT2D eigenvalue weighted by atomic mass is 10.3. The minimum atomic E-state index is -0.0830.